The lowest BCUT2D eigenvalue weighted by molar-refractivity contribution is 0.422. The van der Waals surface area contributed by atoms with Crippen LogP contribution in [0.2, 0.25) is 0 Å². The summed E-state index contributed by atoms with van der Waals surface area (Å²) in [5, 5.41) is 0.818. The lowest BCUT2D eigenvalue weighted by Crippen LogP contribution is -2.11. The van der Waals surface area contributed by atoms with Crippen molar-refractivity contribution < 1.29 is 13.5 Å². The van der Waals surface area contributed by atoms with Gasteiger partial charge in [0.1, 0.15) is 11.3 Å². The van der Waals surface area contributed by atoms with E-state index in [0.717, 1.165) is 16.5 Å². The number of ether oxygens (including phenoxy) is 1. The summed E-state index contributed by atoms with van der Waals surface area (Å²) in [6, 6.07) is 14.0. The standard InChI is InChI=1S/C24H20FNO3/c1-14-6-4-7-17(15(14)2)12-20-16(3)19-10-9-18(13-22(19)29-24(20)27)28-23-21(25)8-5-11-26-23/h4-11,13H,12H2,1-3H3. The normalized spacial score (nSPS) is 11.0. The Hall–Kier alpha value is -3.47. The molecule has 146 valence electrons. The molecule has 2 aromatic carbocycles. The van der Waals surface area contributed by atoms with Crippen molar-refractivity contribution in [1.29, 1.82) is 0 Å². The molecule has 4 nitrogen and oxygen atoms in total. The number of aryl methyl sites for hydroxylation is 2. The Labute approximate surface area is 167 Å². The Kier molecular flexibility index (Phi) is 4.89. The Balaban J connectivity index is 1.73. The van der Waals surface area contributed by atoms with Gasteiger partial charge in [-0.15, -0.1) is 0 Å². The number of aromatic nitrogens is 1. The van der Waals surface area contributed by atoms with Gasteiger partial charge in [-0.3, -0.25) is 0 Å². The third-order valence-electron chi connectivity index (χ3n) is 5.28. The number of fused-ring (bicyclic) bond motifs is 1. The molecule has 4 rings (SSSR count). The largest absolute Gasteiger partial charge is 0.436 e. The Morgan fingerprint density at radius 1 is 1.03 bits per heavy atom. The molecule has 4 aromatic rings. The zero-order chi connectivity index (χ0) is 20.5. The average molecular weight is 389 g/mol. The van der Waals surface area contributed by atoms with E-state index in [1.165, 1.54) is 29.5 Å². The number of hydrogen-bond acceptors (Lipinski definition) is 4. The van der Waals surface area contributed by atoms with Crippen LogP contribution in [-0.4, -0.2) is 4.98 Å². The van der Waals surface area contributed by atoms with Crippen LogP contribution in [0.3, 0.4) is 0 Å². The van der Waals surface area contributed by atoms with Crippen molar-refractivity contribution in [2.24, 2.45) is 0 Å². The first-order valence-corrected chi connectivity index (χ1v) is 9.34. The van der Waals surface area contributed by atoms with Crippen molar-refractivity contribution in [3.8, 4) is 11.6 Å². The SMILES string of the molecule is Cc1cccc(Cc2c(C)c3ccc(Oc4ncccc4F)cc3oc2=O)c1C. The average Bonchev–Trinajstić information content (AvgIpc) is 2.70. The van der Waals surface area contributed by atoms with Crippen LogP contribution >= 0.6 is 0 Å². The van der Waals surface area contributed by atoms with Crippen molar-refractivity contribution >= 4 is 11.0 Å². The van der Waals surface area contributed by atoms with E-state index in [1.54, 1.807) is 12.1 Å². The number of nitrogens with zero attached hydrogens (tertiary/aromatic N) is 1. The molecule has 0 N–H and O–H groups in total. The van der Waals surface area contributed by atoms with Gasteiger partial charge >= 0.3 is 5.63 Å². The molecule has 2 heterocycles. The molecule has 0 aliphatic rings. The van der Waals surface area contributed by atoms with Crippen molar-refractivity contribution in [3.05, 3.63) is 98.8 Å². The van der Waals surface area contributed by atoms with Gasteiger partial charge in [0.2, 0.25) is 0 Å². The molecular formula is C24H20FNO3. The van der Waals surface area contributed by atoms with Crippen LogP contribution in [0.1, 0.15) is 27.8 Å². The fourth-order valence-electron chi connectivity index (χ4n) is 3.39. The zero-order valence-corrected chi connectivity index (χ0v) is 16.5. The highest BCUT2D eigenvalue weighted by atomic mass is 19.1. The number of benzene rings is 2. The van der Waals surface area contributed by atoms with Crippen LogP contribution in [0.5, 0.6) is 11.6 Å². The van der Waals surface area contributed by atoms with E-state index >= 15 is 0 Å². The van der Waals surface area contributed by atoms with Crippen LogP contribution in [-0.2, 0) is 6.42 Å². The summed E-state index contributed by atoms with van der Waals surface area (Å²) in [5.74, 6) is -0.341. The molecule has 0 amide bonds. The smallest absolute Gasteiger partial charge is 0.340 e. The van der Waals surface area contributed by atoms with E-state index in [-0.39, 0.29) is 11.5 Å². The van der Waals surface area contributed by atoms with Gasteiger partial charge in [0.05, 0.1) is 0 Å². The maximum atomic E-state index is 13.8. The maximum Gasteiger partial charge on any atom is 0.340 e. The van der Waals surface area contributed by atoms with Crippen molar-refractivity contribution in [2.45, 2.75) is 27.2 Å². The fourth-order valence-corrected chi connectivity index (χ4v) is 3.39. The highest BCUT2D eigenvalue weighted by molar-refractivity contribution is 5.82. The molecular weight excluding hydrogens is 369 g/mol. The van der Waals surface area contributed by atoms with E-state index in [4.69, 9.17) is 9.15 Å². The molecule has 0 radical (unpaired) electrons. The molecule has 0 atom stereocenters. The molecule has 0 unspecified atom stereocenters. The summed E-state index contributed by atoms with van der Waals surface area (Å²) in [7, 11) is 0. The van der Waals surface area contributed by atoms with Gasteiger partial charge in [0.25, 0.3) is 5.88 Å². The fraction of sp³-hybridized carbons (Fsp3) is 0.167. The Morgan fingerprint density at radius 3 is 2.66 bits per heavy atom. The van der Waals surface area contributed by atoms with Gasteiger partial charge < -0.3 is 9.15 Å². The number of rotatable bonds is 4. The lowest BCUT2D eigenvalue weighted by atomic mass is 9.95. The minimum Gasteiger partial charge on any atom is -0.436 e. The van der Waals surface area contributed by atoms with Crippen LogP contribution in [0.15, 0.2) is 63.9 Å². The van der Waals surface area contributed by atoms with Crippen LogP contribution in [0.25, 0.3) is 11.0 Å². The molecule has 0 aliphatic carbocycles. The zero-order valence-electron chi connectivity index (χ0n) is 16.5. The second-order valence-electron chi connectivity index (χ2n) is 7.08. The van der Waals surface area contributed by atoms with Crippen molar-refractivity contribution in [2.75, 3.05) is 0 Å². The lowest BCUT2D eigenvalue weighted by Gasteiger charge is -2.12. The molecule has 2 aromatic heterocycles. The van der Waals surface area contributed by atoms with E-state index < -0.39 is 5.82 Å². The summed E-state index contributed by atoms with van der Waals surface area (Å²) in [6.07, 6.45) is 1.96. The molecule has 0 aliphatic heterocycles. The number of pyridine rings is 1. The van der Waals surface area contributed by atoms with E-state index in [9.17, 15) is 9.18 Å². The second kappa shape index (κ2) is 7.51. The van der Waals surface area contributed by atoms with E-state index in [0.29, 0.717) is 23.3 Å². The summed E-state index contributed by atoms with van der Waals surface area (Å²) < 4.78 is 24.9. The van der Waals surface area contributed by atoms with Gasteiger partial charge in [-0.05, 0) is 67.3 Å². The van der Waals surface area contributed by atoms with E-state index in [2.05, 4.69) is 24.9 Å². The van der Waals surface area contributed by atoms with Crippen molar-refractivity contribution in [1.82, 2.24) is 4.98 Å². The molecule has 0 bridgehead atoms. The summed E-state index contributed by atoms with van der Waals surface area (Å²) in [5.41, 5.74) is 4.98. The Bertz CT molecular complexity index is 1280. The van der Waals surface area contributed by atoms with E-state index in [1.807, 2.05) is 25.1 Å². The Morgan fingerprint density at radius 2 is 1.86 bits per heavy atom. The van der Waals surface area contributed by atoms with Crippen molar-refractivity contribution in [3.63, 3.8) is 0 Å². The third kappa shape index (κ3) is 3.63. The summed E-state index contributed by atoms with van der Waals surface area (Å²) >= 11 is 0. The monoisotopic (exact) mass is 389 g/mol. The van der Waals surface area contributed by atoms with Crippen LogP contribution in [0.4, 0.5) is 4.39 Å². The van der Waals surface area contributed by atoms with Gasteiger partial charge in [0.15, 0.2) is 5.82 Å². The predicted octanol–water partition coefficient (Wildman–Crippen LogP) is 5.64. The van der Waals surface area contributed by atoms with Crippen LogP contribution in [0, 0.1) is 26.6 Å². The summed E-state index contributed by atoms with van der Waals surface area (Å²) in [4.78, 5) is 16.6. The quantitative estimate of drug-likeness (QED) is 0.424. The van der Waals surface area contributed by atoms with Gasteiger partial charge in [-0.1, -0.05) is 18.2 Å². The number of halogens is 1. The topological polar surface area (TPSA) is 52.3 Å². The van der Waals surface area contributed by atoms with Gasteiger partial charge in [0, 0.05) is 29.6 Å². The molecule has 0 saturated heterocycles. The first-order chi connectivity index (χ1) is 13.9. The molecule has 29 heavy (non-hydrogen) atoms. The predicted molar refractivity (Wildman–Crippen MR) is 110 cm³/mol. The molecule has 5 heteroatoms. The maximum absolute atomic E-state index is 13.8. The number of hydrogen-bond donors (Lipinski definition) is 0. The molecule has 0 spiro atoms. The highest BCUT2D eigenvalue weighted by Crippen LogP contribution is 2.28. The van der Waals surface area contributed by atoms with Gasteiger partial charge in [-0.2, -0.15) is 0 Å². The second-order valence-corrected chi connectivity index (χ2v) is 7.08. The first-order valence-electron chi connectivity index (χ1n) is 9.34. The molecule has 0 fully saturated rings. The van der Waals surface area contributed by atoms with Gasteiger partial charge in [-0.25, -0.2) is 14.2 Å². The third-order valence-corrected chi connectivity index (χ3v) is 5.28. The minimum atomic E-state index is -0.561. The minimum absolute atomic E-state index is 0.127. The molecule has 0 saturated carbocycles. The summed E-state index contributed by atoms with van der Waals surface area (Å²) in [6.45, 7) is 6.03. The van der Waals surface area contributed by atoms with Crippen LogP contribution < -0.4 is 10.4 Å². The highest BCUT2D eigenvalue weighted by Gasteiger charge is 2.15. The first kappa shape index (κ1) is 18.9.